The van der Waals surface area contributed by atoms with Crippen molar-refractivity contribution < 1.29 is 9.53 Å². The van der Waals surface area contributed by atoms with Crippen molar-refractivity contribution in [3.63, 3.8) is 0 Å². The molecular formula is C28H31NO2. The predicted octanol–water partition coefficient (Wildman–Crippen LogP) is 6.51. The molecule has 3 nitrogen and oxygen atoms in total. The first-order chi connectivity index (χ1) is 14.9. The number of amides is 1. The summed E-state index contributed by atoms with van der Waals surface area (Å²) in [5.74, 6) is 0. The smallest absolute Gasteiger partial charge is 0.415 e. The molecule has 0 saturated carbocycles. The van der Waals surface area contributed by atoms with E-state index in [4.69, 9.17) is 4.74 Å². The van der Waals surface area contributed by atoms with Crippen LogP contribution in [-0.2, 0) is 37.0 Å². The molecule has 160 valence electrons. The number of hydrogen-bond donors (Lipinski definition) is 0. The third kappa shape index (κ3) is 5.55. The van der Waals surface area contributed by atoms with Crippen molar-refractivity contribution in [3.05, 3.63) is 101 Å². The number of carbonyl (C=O) groups excluding carboxylic acids is 1. The maximum atomic E-state index is 13.3. The molecule has 0 radical (unpaired) electrons. The highest BCUT2D eigenvalue weighted by molar-refractivity contribution is 5.89. The molecule has 3 heteroatoms. The number of ether oxygens (including phenoxy) is 1. The van der Waals surface area contributed by atoms with Gasteiger partial charge in [-0.2, -0.15) is 0 Å². The summed E-state index contributed by atoms with van der Waals surface area (Å²) in [5, 5.41) is 0. The minimum Gasteiger partial charge on any atom is -0.443 e. The molecule has 0 aromatic heterocycles. The van der Waals surface area contributed by atoms with Crippen LogP contribution >= 0.6 is 0 Å². The molecule has 3 aromatic rings. The Hall–Kier alpha value is -3.07. The van der Waals surface area contributed by atoms with Crippen molar-refractivity contribution >= 4 is 11.8 Å². The number of carbonyl (C=O) groups is 1. The highest BCUT2D eigenvalue weighted by Gasteiger charge is 2.26. The molecular weight excluding hydrogens is 382 g/mol. The fourth-order valence-electron chi connectivity index (χ4n) is 4.00. The second-order valence-electron chi connectivity index (χ2n) is 9.33. The van der Waals surface area contributed by atoms with Gasteiger partial charge in [0.25, 0.3) is 0 Å². The second-order valence-corrected chi connectivity index (χ2v) is 9.33. The summed E-state index contributed by atoms with van der Waals surface area (Å²) in [5.41, 5.74) is 6.59. The average molecular weight is 414 g/mol. The Balaban J connectivity index is 1.73. The summed E-state index contributed by atoms with van der Waals surface area (Å²) in [6, 6.07) is 25.7. The molecule has 0 fully saturated rings. The van der Waals surface area contributed by atoms with Crippen LogP contribution in [0.5, 0.6) is 0 Å². The lowest BCUT2D eigenvalue weighted by molar-refractivity contribution is 0.0577. The molecule has 4 aliphatic carbocycles. The van der Waals surface area contributed by atoms with Crippen molar-refractivity contribution in [2.45, 2.75) is 58.6 Å². The molecule has 0 saturated heterocycles. The van der Waals surface area contributed by atoms with Gasteiger partial charge in [-0.1, -0.05) is 66.7 Å². The minimum atomic E-state index is -0.550. The zero-order valence-corrected chi connectivity index (χ0v) is 18.7. The Kier molecular flexibility index (Phi) is 6.13. The fourth-order valence-corrected chi connectivity index (χ4v) is 4.00. The van der Waals surface area contributed by atoms with Gasteiger partial charge in [0.2, 0.25) is 0 Å². The third-order valence-corrected chi connectivity index (χ3v) is 5.65. The lowest BCUT2D eigenvalue weighted by Crippen LogP contribution is -2.37. The number of aryl methyl sites for hydroxylation is 4. The van der Waals surface area contributed by atoms with Crippen molar-refractivity contribution in [1.82, 2.24) is 0 Å². The van der Waals surface area contributed by atoms with Gasteiger partial charge in [0.15, 0.2) is 0 Å². The number of hydrogen-bond acceptors (Lipinski definition) is 2. The van der Waals surface area contributed by atoms with Crippen molar-refractivity contribution in [1.29, 1.82) is 0 Å². The molecule has 0 aliphatic heterocycles. The molecule has 4 aliphatic rings. The quantitative estimate of drug-likeness (QED) is 0.490. The Morgan fingerprint density at radius 2 is 1.39 bits per heavy atom. The molecule has 0 N–H and O–H groups in total. The van der Waals surface area contributed by atoms with Gasteiger partial charge in [0, 0.05) is 0 Å². The number of anilines is 1. The summed E-state index contributed by atoms with van der Waals surface area (Å²) >= 11 is 0. The van der Waals surface area contributed by atoms with Crippen LogP contribution in [0.15, 0.2) is 72.8 Å². The zero-order valence-electron chi connectivity index (χ0n) is 18.7. The van der Waals surface area contributed by atoms with Gasteiger partial charge in [0.1, 0.15) is 5.60 Å². The normalized spacial score (nSPS) is 13.4. The van der Waals surface area contributed by atoms with Crippen LogP contribution in [0.1, 0.15) is 48.6 Å². The first-order valence-corrected chi connectivity index (χ1v) is 11.1. The van der Waals surface area contributed by atoms with Gasteiger partial charge in [-0.25, -0.2) is 4.79 Å². The first kappa shape index (κ1) is 21.2. The Morgan fingerprint density at radius 1 is 0.806 bits per heavy atom. The van der Waals surface area contributed by atoms with Crippen LogP contribution in [-0.4, -0.2) is 11.7 Å². The lowest BCUT2D eigenvalue weighted by Gasteiger charge is -2.29. The number of benzene rings is 3. The molecule has 3 aromatic carbocycles. The van der Waals surface area contributed by atoms with E-state index in [1.165, 1.54) is 22.3 Å². The zero-order chi connectivity index (χ0) is 21.8. The summed E-state index contributed by atoms with van der Waals surface area (Å²) in [4.78, 5) is 15.1. The maximum absolute atomic E-state index is 13.3. The minimum absolute atomic E-state index is 0.301. The van der Waals surface area contributed by atoms with E-state index >= 15 is 0 Å². The van der Waals surface area contributed by atoms with Crippen LogP contribution in [0.4, 0.5) is 10.5 Å². The van der Waals surface area contributed by atoms with E-state index in [1.807, 2.05) is 43.9 Å². The molecule has 31 heavy (non-hydrogen) atoms. The second kappa shape index (κ2) is 8.97. The molecule has 0 spiro atoms. The van der Waals surface area contributed by atoms with Crippen molar-refractivity contribution in [2.24, 2.45) is 0 Å². The standard InChI is InChI=1S/C28H31NO2/c1-28(2,3)31-27(30)29(20-24-7-5-4-6-8-24)26-19-23-14-13-21-9-11-22(12-10-21)15-17-25(26)18-16-23/h4-12,16,18-19H,13-15,17,20H2,1-3H3. The molecule has 0 unspecified atom stereocenters. The molecule has 1 amide bonds. The van der Waals surface area contributed by atoms with Crippen LogP contribution < -0.4 is 4.90 Å². The summed E-state index contributed by atoms with van der Waals surface area (Å²) in [6.07, 6.45) is 3.46. The Labute approximate surface area is 185 Å². The van der Waals surface area contributed by atoms with Gasteiger partial charge < -0.3 is 4.74 Å². The van der Waals surface area contributed by atoms with Gasteiger partial charge in [-0.15, -0.1) is 0 Å². The van der Waals surface area contributed by atoms with Gasteiger partial charge in [-0.3, -0.25) is 4.90 Å². The van der Waals surface area contributed by atoms with Crippen molar-refractivity contribution in [2.75, 3.05) is 4.90 Å². The number of nitrogens with zero attached hydrogens (tertiary/aromatic N) is 1. The SMILES string of the molecule is CC(C)(C)OC(=O)N(Cc1ccccc1)c1cc2ccc1CCc1ccc(cc1)CC2. The molecule has 0 heterocycles. The van der Waals surface area contributed by atoms with Crippen LogP contribution in [0.25, 0.3) is 0 Å². The summed E-state index contributed by atoms with van der Waals surface area (Å²) in [7, 11) is 0. The molecule has 4 bridgehead atoms. The van der Waals surface area contributed by atoms with Crippen molar-refractivity contribution in [3.8, 4) is 0 Å². The molecule has 7 rings (SSSR count). The Morgan fingerprint density at radius 3 is 2.03 bits per heavy atom. The third-order valence-electron chi connectivity index (χ3n) is 5.65. The van der Waals surface area contributed by atoms with E-state index in [9.17, 15) is 4.79 Å². The topological polar surface area (TPSA) is 29.5 Å². The van der Waals surface area contributed by atoms with Crippen LogP contribution in [0.3, 0.4) is 0 Å². The largest absolute Gasteiger partial charge is 0.443 e. The van der Waals surface area contributed by atoms with E-state index < -0.39 is 5.60 Å². The predicted molar refractivity (Wildman–Crippen MR) is 127 cm³/mol. The average Bonchev–Trinajstić information content (AvgIpc) is 2.73. The monoisotopic (exact) mass is 413 g/mol. The van der Waals surface area contributed by atoms with E-state index in [1.54, 1.807) is 0 Å². The van der Waals surface area contributed by atoms with Crippen LogP contribution in [0.2, 0.25) is 0 Å². The van der Waals surface area contributed by atoms with E-state index in [2.05, 4.69) is 54.6 Å². The van der Waals surface area contributed by atoms with Crippen LogP contribution in [0, 0.1) is 0 Å². The van der Waals surface area contributed by atoms with E-state index in [-0.39, 0.29) is 6.09 Å². The first-order valence-electron chi connectivity index (χ1n) is 11.1. The van der Waals surface area contributed by atoms with E-state index in [0.29, 0.717) is 6.54 Å². The highest BCUT2D eigenvalue weighted by Crippen LogP contribution is 2.29. The number of rotatable bonds is 3. The maximum Gasteiger partial charge on any atom is 0.415 e. The van der Waals surface area contributed by atoms with Gasteiger partial charge in [-0.05, 0) is 80.3 Å². The van der Waals surface area contributed by atoms with E-state index in [0.717, 1.165) is 36.9 Å². The lowest BCUT2D eigenvalue weighted by atomic mass is 9.95. The fraction of sp³-hybridized carbons (Fsp3) is 0.321. The Bertz CT molecular complexity index is 1030. The highest BCUT2D eigenvalue weighted by atomic mass is 16.6. The van der Waals surface area contributed by atoms with Gasteiger partial charge in [0.05, 0.1) is 12.2 Å². The summed E-state index contributed by atoms with van der Waals surface area (Å²) < 4.78 is 5.82. The summed E-state index contributed by atoms with van der Waals surface area (Å²) in [6.45, 7) is 6.23. The van der Waals surface area contributed by atoms with Gasteiger partial charge >= 0.3 is 6.09 Å². The molecule has 0 atom stereocenters.